The summed E-state index contributed by atoms with van der Waals surface area (Å²) >= 11 is 5.21. The fourth-order valence-corrected chi connectivity index (χ4v) is 2.21. The normalized spacial score (nSPS) is 11.0. The molecule has 0 atom stereocenters. The zero-order chi connectivity index (χ0) is 12.3. The second-order valence-corrected chi connectivity index (χ2v) is 4.66. The highest BCUT2D eigenvalue weighted by Gasteiger charge is 2.08. The van der Waals surface area contributed by atoms with Crippen LogP contribution in [0.15, 0.2) is 24.5 Å². The highest BCUT2D eigenvalue weighted by atomic mass is 32.1. The van der Waals surface area contributed by atoms with Crippen LogP contribution in [0.4, 0.5) is 0 Å². The third-order valence-electron chi connectivity index (χ3n) is 2.65. The number of aromatic amines is 1. The number of rotatable bonds is 4. The molecular weight excluding hydrogens is 232 g/mol. The molecule has 2 aromatic heterocycles. The molecule has 2 heterocycles. The summed E-state index contributed by atoms with van der Waals surface area (Å²) < 4.78 is 2.76. The lowest BCUT2D eigenvalue weighted by Crippen LogP contribution is -2.07. The molecule has 2 aromatic rings. The van der Waals surface area contributed by atoms with Crippen molar-refractivity contribution < 1.29 is 0 Å². The summed E-state index contributed by atoms with van der Waals surface area (Å²) in [6, 6.07) is 4.37. The molecule has 0 amide bonds. The van der Waals surface area contributed by atoms with E-state index < -0.39 is 0 Å². The molecule has 0 fully saturated rings. The first-order chi connectivity index (χ1) is 8.18. The van der Waals surface area contributed by atoms with Gasteiger partial charge in [-0.3, -0.25) is 10.1 Å². The molecule has 1 N–H and O–H groups in total. The maximum Gasteiger partial charge on any atom is 0.195 e. The third kappa shape index (κ3) is 2.79. The average molecular weight is 248 g/mol. The zero-order valence-corrected chi connectivity index (χ0v) is 10.9. The zero-order valence-electron chi connectivity index (χ0n) is 10.1. The predicted molar refractivity (Wildman–Crippen MR) is 69.4 cm³/mol. The quantitative estimate of drug-likeness (QED) is 0.846. The van der Waals surface area contributed by atoms with Gasteiger partial charge in [-0.15, -0.1) is 0 Å². The first-order valence-electron chi connectivity index (χ1n) is 5.73. The van der Waals surface area contributed by atoms with E-state index in [1.165, 1.54) is 5.56 Å². The van der Waals surface area contributed by atoms with Crippen molar-refractivity contribution >= 4 is 12.2 Å². The van der Waals surface area contributed by atoms with Gasteiger partial charge in [0.05, 0.1) is 0 Å². The topological polar surface area (TPSA) is 46.5 Å². The molecule has 90 valence electrons. The van der Waals surface area contributed by atoms with Crippen LogP contribution < -0.4 is 0 Å². The number of aromatic nitrogens is 4. The number of H-pyrrole nitrogens is 1. The molecule has 0 aliphatic heterocycles. The van der Waals surface area contributed by atoms with Crippen LogP contribution in [-0.4, -0.2) is 19.7 Å². The summed E-state index contributed by atoms with van der Waals surface area (Å²) in [5.74, 6) is 1.01. The lowest BCUT2D eigenvalue weighted by atomic mass is 10.1. The molecule has 5 heteroatoms. The predicted octanol–water partition coefficient (Wildman–Crippen LogP) is 2.70. The minimum atomic E-state index is 0.338. The van der Waals surface area contributed by atoms with Crippen molar-refractivity contribution in [3.63, 3.8) is 0 Å². The summed E-state index contributed by atoms with van der Waals surface area (Å²) in [6.45, 7) is 4.22. The van der Waals surface area contributed by atoms with Gasteiger partial charge in [-0.25, -0.2) is 0 Å². The van der Waals surface area contributed by atoms with Gasteiger partial charge < -0.3 is 4.57 Å². The summed E-state index contributed by atoms with van der Waals surface area (Å²) in [5.41, 5.74) is 1.22. The SMILES string of the molecule is CC(C)n1c(CCc2cccnc2)n[nH]c1=S. The van der Waals surface area contributed by atoms with Gasteiger partial charge in [-0.1, -0.05) is 6.07 Å². The first-order valence-corrected chi connectivity index (χ1v) is 6.14. The Kier molecular flexibility index (Phi) is 3.68. The molecule has 0 spiro atoms. The summed E-state index contributed by atoms with van der Waals surface area (Å²) in [5, 5.41) is 7.13. The van der Waals surface area contributed by atoms with E-state index in [9.17, 15) is 0 Å². The number of hydrogen-bond acceptors (Lipinski definition) is 3. The fraction of sp³-hybridized carbons (Fsp3) is 0.417. The van der Waals surface area contributed by atoms with Crippen LogP contribution in [-0.2, 0) is 12.8 Å². The molecular formula is C12H16N4S. The number of aryl methyl sites for hydroxylation is 2. The Bertz CT molecular complexity index is 527. The monoisotopic (exact) mass is 248 g/mol. The Morgan fingerprint density at radius 3 is 2.88 bits per heavy atom. The van der Waals surface area contributed by atoms with Crippen molar-refractivity contribution in [1.29, 1.82) is 0 Å². The van der Waals surface area contributed by atoms with Crippen molar-refractivity contribution in [2.24, 2.45) is 0 Å². The molecule has 0 aromatic carbocycles. The van der Waals surface area contributed by atoms with Gasteiger partial charge in [0.1, 0.15) is 5.82 Å². The summed E-state index contributed by atoms with van der Waals surface area (Å²) in [7, 11) is 0. The molecule has 0 saturated heterocycles. The standard InChI is InChI=1S/C12H16N4S/c1-9(2)16-11(14-15-12(16)17)6-5-10-4-3-7-13-8-10/h3-4,7-9H,5-6H2,1-2H3,(H,15,17). The molecule has 17 heavy (non-hydrogen) atoms. The van der Waals surface area contributed by atoms with E-state index in [0.717, 1.165) is 18.7 Å². The van der Waals surface area contributed by atoms with Crippen molar-refractivity contribution in [3.05, 3.63) is 40.7 Å². The van der Waals surface area contributed by atoms with Crippen molar-refractivity contribution in [1.82, 2.24) is 19.7 Å². The van der Waals surface area contributed by atoms with E-state index in [-0.39, 0.29) is 0 Å². The highest BCUT2D eigenvalue weighted by Crippen LogP contribution is 2.11. The van der Waals surface area contributed by atoms with E-state index in [1.807, 2.05) is 12.3 Å². The van der Waals surface area contributed by atoms with Crippen molar-refractivity contribution in [3.8, 4) is 0 Å². The Morgan fingerprint density at radius 2 is 2.24 bits per heavy atom. The second kappa shape index (κ2) is 5.23. The van der Waals surface area contributed by atoms with E-state index >= 15 is 0 Å². The number of hydrogen-bond donors (Lipinski definition) is 1. The molecule has 2 rings (SSSR count). The largest absolute Gasteiger partial charge is 0.302 e. The van der Waals surface area contributed by atoms with Crippen LogP contribution in [0.3, 0.4) is 0 Å². The van der Waals surface area contributed by atoms with Gasteiger partial charge >= 0.3 is 0 Å². The average Bonchev–Trinajstić information content (AvgIpc) is 2.69. The van der Waals surface area contributed by atoms with Crippen LogP contribution in [0.2, 0.25) is 0 Å². The van der Waals surface area contributed by atoms with Gasteiger partial charge in [0.2, 0.25) is 0 Å². The van der Waals surface area contributed by atoms with E-state index in [1.54, 1.807) is 6.20 Å². The Labute approximate surface area is 106 Å². The maximum atomic E-state index is 5.21. The molecule has 4 nitrogen and oxygen atoms in total. The van der Waals surface area contributed by atoms with Crippen LogP contribution in [0, 0.1) is 4.77 Å². The van der Waals surface area contributed by atoms with E-state index in [2.05, 4.69) is 39.7 Å². The lowest BCUT2D eigenvalue weighted by molar-refractivity contribution is 0.559. The summed E-state index contributed by atoms with van der Waals surface area (Å²) in [4.78, 5) is 4.10. The van der Waals surface area contributed by atoms with E-state index in [0.29, 0.717) is 10.8 Å². The van der Waals surface area contributed by atoms with Crippen molar-refractivity contribution in [2.75, 3.05) is 0 Å². The molecule has 0 aliphatic carbocycles. The number of nitrogens with zero attached hydrogens (tertiary/aromatic N) is 3. The highest BCUT2D eigenvalue weighted by molar-refractivity contribution is 7.71. The van der Waals surface area contributed by atoms with Gasteiger partial charge in [-0.2, -0.15) is 5.10 Å². The minimum absolute atomic E-state index is 0.338. The molecule has 0 unspecified atom stereocenters. The second-order valence-electron chi connectivity index (χ2n) is 4.27. The Balaban J connectivity index is 2.12. The van der Waals surface area contributed by atoms with Crippen LogP contribution in [0.5, 0.6) is 0 Å². The van der Waals surface area contributed by atoms with Crippen LogP contribution in [0.25, 0.3) is 0 Å². The van der Waals surface area contributed by atoms with Gasteiger partial charge in [0, 0.05) is 24.9 Å². The lowest BCUT2D eigenvalue weighted by Gasteiger charge is -2.09. The summed E-state index contributed by atoms with van der Waals surface area (Å²) in [6.07, 6.45) is 5.48. The maximum absolute atomic E-state index is 5.21. The fourth-order valence-electron chi connectivity index (χ4n) is 1.85. The third-order valence-corrected chi connectivity index (χ3v) is 2.94. The molecule has 0 saturated carbocycles. The molecule has 0 aliphatic rings. The molecule has 0 bridgehead atoms. The first kappa shape index (κ1) is 12.0. The van der Waals surface area contributed by atoms with Gasteiger partial charge in [-0.05, 0) is 44.1 Å². The number of pyridine rings is 1. The smallest absolute Gasteiger partial charge is 0.195 e. The van der Waals surface area contributed by atoms with Crippen molar-refractivity contribution in [2.45, 2.75) is 32.7 Å². The minimum Gasteiger partial charge on any atom is -0.302 e. The molecule has 0 radical (unpaired) electrons. The Morgan fingerprint density at radius 1 is 1.41 bits per heavy atom. The Hall–Kier alpha value is -1.49. The van der Waals surface area contributed by atoms with Crippen LogP contribution in [0.1, 0.15) is 31.3 Å². The van der Waals surface area contributed by atoms with Gasteiger partial charge in [0.25, 0.3) is 0 Å². The van der Waals surface area contributed by atoms with E-state index in [4.69, 9.17) is 12.2 Å². The number of nitrogens with one attached hydrogen (secondary N) is 1. The van der Waals surface area contributed by atoms with Crippen LogP contribution >= 0.6 is 12.2 Å². The van der Waals surface area contributed by atoms with Gasteiger partial charge in [0.15, 0.2) is 4.77 Å².